The van der Waals surface area contributed by atoms with E-state index in [4.69, 9.17) is 0 Å². The minimum absolute atomic E-state index is 0.119. The first kappa shape index (κ1) is 11.6. The lowest BCUT2D eigenvalue weighted by Gasteiger charge is -2.38. The van der Waals surface area contributed by atoms with Crippen molar-refractivity contribution in [1.29, 1.82) is 0 Å². The first-order valence-electron chi connectivity index (χ1n) is 6.53. The molecule has 0 aromatic heterocycles. The van der Waals surface area contributed by atoms with Crippen LogP contribution in [-0.2, 0) is 5.41 Å². The van der Waals surface area contributed by atoms with Crippen molar-refractivity contribution in [2.45, 2.75) is 57.3 Å². The van der Waals surface area contributed by atoms with Gasteiger partial charge in [-0.1, -0.05) is 44.7 Å². The molecule has 0 N–H and O–H groups in total. The Bertz CT molecular complexity index is 314. The normalized spacial score (nSPS) is 19.6. The second-order valence-electron chi connectivity index (χ2n) is 5.10. The molecule has 0 saturated heterocycles. The summed E-state index contributed by atoms with van der Waals surface area (Å²) in [6, 6.07) is 7.22. The maximum Gasteiger partial charge on any atom is 0.123 e. The Balaban J connectivity index is 2.26. The summed E-state index contributed by atoms with van der Waals surface area (Å²) in [7, 11) is 0. The van der Waals surface area contributed by atoms with E-state index in [-0.39, 0.29) is 5.82 Å². The number of hydrogen-bond acceptors (Lipinski definition) is 0. The second-order valence-corrected chi connectivity index (χ2v) is 5.10. The number of halogens is 1. The summed E-state index contributed by atoms with van der Waals surface area (Å²) in [4.78, 5) is 0. The minimum atomic E-state index is -0.119. The van der Waals surface area contributed by atoms with Gasteiger partial charge in [0.2, 0.25) is 0 Å². The van der Waals surface area contributed by atoms with E-state index in [0.29, 0.717) is 5.41 Å². The zero-order valence-corrected chi connectivity index (χ0v) is 10.1. The van der Waals surface area contributed by atoms with Gasteiger partial charge in [-0.15, -0.1) is 0 Å². The molecule has 1 aromatic rings. The Hall–Kier alpha value is -0.850. The summed E-state index contributed by atoms with van der Waals surface area (Å²) in [5.74, 6) is -0.119. The van der Waals surface area contributed by atoms with Gasteiger partial charge < -0.3 is 0 Å². The lowest BCUT2D eigenvalue weighted by atomic mass is 9.67. The third-order valence-corrected chi connectivity index (χ3v) is 4.00. The van der Waals surface area contributed by atoms with E-state index in [1.807, 2.05) is 12.1 Å². The lowest BCUT2D eigenvalue weighted by molar-refractivity contribution is 0.271. The average molecular weight is 220 g/mol. The van der Waals surface area contributed by atoms with Crippen LogP contribution in [-0.4, -0.2) is 0 Å². The predicted molar refractivity (Wildman–Crippen MR) is 66.1 cm³/mol. The molecule has 16 heavy (non-hydrogen) atoms. The molecule has 0 amide bonds. The monoisotopic (exact) mass is 220 g/mol. The third-order valence-electron chi connectivity index (χ3n) is 4.00. The summed E-state index contributed by atoms with van der Waals surface area (Å²) >= 11 is 0. The Morgan fingerprint density at radius 2 is 1.69 bits per heavy atom. The van der Waals surface area contributed by atoms with Gasteiger partial charge in [0, 0.05) is 0 Å². The molecular formula is C15H21F. The summed E-state index contributed by atoms with van der Waals surface area (Å²) in [5, 5.41) is 0. The molecule has 0 bridgehead atoms. The Labute approximate surface area is 97.9 Å². The van der Waals surface area contributed by atoms with E-state index in [1.165, 1.54) is 50.5 Å². The van der Waals surface area contributed by atoms with Crippen LogP contribution in [0.25, 0.3) is 0 Å². The molecule has 1 saturated carbocycles. The molecule has 1 aliphatic carbocycles. The molecule has 88 valence electrons. The smallest absolute Gasteiger partial charge is 0.123 e. The summed E-state index contributed by atoms with van der Waals surface area (Å²) in [5.41, 5.74) is 1.70. The topological polar surface area (TPSA) is 0 Å². The number of benzene rings is 1. The van der Waals surface area contributed by atoms with E-state index in [2.05, 4.69) is 6.92 Å². The molecule has 2 rings (SSSR count). The highest BCUT2D eigenvalue weighted by atomic mass is 19.1. The third kappa shape index (κ3) is 2.28. The molecule has 0 spiro atoms. The molecule has 1 aromatic carbocycles. The first-order valence-corrected chi connectivity index (χ1v) is 6.53. The van der Waals surface area contributed by atoms with Crippen molar-refractivity contribution in [1.82, 2.24) is 0 Å². The van der Waals surface area contributed by atoms with Crippen molar-refractivity contribution in [2.75, 3.05) is 0 Å². The fourth-order valence-electron chi connectivity index (χ4n) is 3.19. The van der Waals surface area contributed by atoms with Crippen LogP contribution in [0.3, 0.4) is 0 Å². The molecule has 1 fully saturated rings. The zero-order valence-electron chi connectivity index (χ0n) is 10.1. The largest absolute Gasteiger partial charge is 0.207 e. The van der Waals surface area contributed by atoms with Gasteiger partial charge in [-0.2, -0.15) is 0 Å². The Morgan fingerprint density at radius 3 is 2.25 bits per heavy atom. The molecule has 1 heteroatoms. The van der Waals surface area contributed by atoms with Gasteiger partial charge in [0.25, 0.3) is 0 Å². The van der Waals surface area contributed by atoms with Crippen molar-refractivity contribution in [3.8, 4) is 0 Å². The lowest BCUT2D eigenvalue weighted by Crippen LogP contribution is -2.28. The van der Waals surface area contributed by atoms with Gasteiger partial charge >= 0.3 is 0 Å². The summed E-state index contributed by atoms with van der Waals surface area (Å²) in [6.45, 7) is 2.25. The van der Waals surface area contributed by atoms with Gasteiger partial charge in [-0.25, -0.2) is 4.39 Å². The van der Waals surface area contributed by atoms with Gasteiger partial charge in [-0.3, -0.25) is 0 Å². The van der Waals surface area contributed by atoms with Crippen LogP contribution in [0, 0.1) is 5.82 Å². The van der Waals surface area contributed by atoms with Gasteiger partial charge in [0.05, 0.1) is 0 Å². The Kier molecular flexibility index (Phi) is 3.63. The van der Waals surface area contributed by atoms with Crippen LogP contribution >= 0.6 is 0 Å². The standard InChI is InChI=1S/C15H21F/c1-2-10-15(11-4-3-5-12-15)13-6-8-14(16)9-7-13/h6-9H,2-5,10-12H2,1H3. The molecule has 0 nitrogen and oxygen atoms in total. The van der Waals surface area contributed by atoms with Gasteiger partial charge in [0.1, 0.15) is 5.82 Å². The van der Waals surface area contributed by atoms with Crippen LogP contribution < -0.4 is 0 Å². The fourth-order valence-corrected chi connectivity index (χ4v) is 3.19. The predicted octanol–water partition coefficient (Wildman–Crippen LogP) is 4.83. The molecule has 0 aliphatic heterocycles. The van der Waals surface area contributed by atoms with Gasteiger partial charge in [0.15, 0.2) is 0 Å². The molecule has 0 atom stereocenters. The maximum atomic E-state index is 13.0. The summed E-state index contributed by atoms with van der Waals surface area (Å²) in [6.07, 6.45) is 9.07. The molecular weight excluding hydrogens is 199 g/mol. The summed E-state index contributed by atoms with van der Waals surface area (Å²) < 4.78 is 13.0. The second kappa shape index (κ2) is 4.99. The average Bonchev–Trinajstić information content (AvgIpc) is 2.31. The SMILES string of the molecule is CCCC1(c2ccc(F)cc2)CCCCC1. The Morgan fingerprint density at radius 1 is 1.06 bits per heavy atom. The van der Waals surface area contributed by atoms with Crippen LogP contribution in [0.5, 0.6) is 0 Å². The van der Waals surface area contributed by atoms with Gasteiger partial charge in [-0.05, 0) is 42.4 Å². The van der Waals surface area contributed by atoms with Crippen molar-refractivity contribution in [3.05, 3.63) is 35.6 Å². The highest BCUT2D eigenvalue weighted by Gasteiger charge is 2.32. The fraction of sp³-hybridized carbons (Fsp3) is 0.600. The molecule has 0 radical (unpaired) electrons. The highest BCUT2D eigenvalue weighted by Crippen LogP contribution is 2.42. The quantitative estimate of drug-likeness (QED) is 0.684. The minimum Gasteiger partial charge on any atom is -0.207 e. The van der Waals surface area contributed by atoms with Crippen molar-refractivity contribution < 1.29 is 4.39 Å². The van der Waals surface area contributed by atoms with E-state index in [1.54, 1.807) is 12.1 Å². The zero-order chi connectivity index (χ0) is 11.4. The van der Waals surface area contributed by atoms with E-state index < -0.39 is 0 Å². The van der Waals surface area contributed by atoms with E-state index >= 15 is 0 Å². The number of hydrogen-bond donors (Lipinski definition) is 0. The van der Waals surface area contributed by atoms with E-state index in [0.717, 1.165) is 0 Å². The number of rotatable bonds is 3. The van der Waals surface area contributed by atoms with Crippen LogP contribution in [0.2, 0.25) is 0 Å². The first-order chi connectivity index (χ1) is 7.77. The van der Waals surface area contributed by atoms with Crippen molar-refractivity contribution >= 4 is 0 Å². The molecule has 1 aliphatic rings. The van der Waals surface area contributed by atoms with E-state index in [9.17, 15) is 4.39 Å². The van der Waals surface area contributed by atoms with Crippen molar-refractivity contribution in [3.63, 3.8) is 0 Å². The van der Waals surface area contributed by atoms with Crippen molar-refractivity contribution in [2.24, 2.45) is 0 Å². The highest BCUT2D eigenvalue weighted by molar-refractivity contribution is 5.26. The maximum absolute atomic E-state index is 13.0. The van der Waals surface area contributed by atoms with Crippen LogP contribution in [0.4, 0.5) is 4.39 Å². The molecule has 0 unspecified atom stereocenters. The molecule has 0 heterocycles. The van der Waals surface area contributed by atoms with Crippen LogP contribution in [0.1, 0.15) is 57.4 Å². The van der Waals surface area contributed by atoms with Crippen LogP contribution in [0.15, 0.2) is 24.3 Å².